The van der Waals surface area contributed by atoms with Crippen LogP contribution in [0.15, 0.2) is 47.4 Å². The van der Waals surface area contributed by atoms with E-state index in [0.717, 1.165) is 11.1 Å². The highest BCUT2D eigenvalue weighted by Crippen LogP contribution is 2.20. The van der Waals surface area contributed by atoms with Gasteiger partial charge >= 0.3 is 5.97 Å². The van der Waals surface area contributed by atoms with E-state index in [2.05, 4.69) is 5.32 Å². The van der Waals surface area contributed by atoms with Gasteiger partial charge in [-0.2, -0.15) is 4.31 Å². The van der Waals surface area contributed by atoms with Crippen molar-refractivity contribution in [2.75, 3.05) is 38.2 Å². The fraction of sp³-hybridized carbons (Fsp3) is 0.417. The molecule has 34 heavy (non-hydrogen) atoms. The number of rotatable bonds is 9. The number of hydrogen-bond acceptors (Lipinski definition) is 7. The summed E-state index contributed by atoms with van der Waals surface area (Å²) in [5.74, 6) is -0.370. The van der Waals surface area contributed by atoms with Crippen LogP contribution in [0.3, 0.4) is 0 Å². The van der Waals surface area contributed by atoms with Crippen LogP contribution >= 0.6 is 0 Å². The number of nitrogens with one attached hydrogen (secondary N) is 1. The first-order valence-electron chi connectivity index (χ1n) is 11.0. The number of aryl methyl sites for hydroxylation is 2. The topological polar surface area (TPSA) is 111 Å². The molecule has 1 aliphatic rings. The third-order valence-corrected chi connectivity index (χ3v) is 7.23. The van der Waals surface area contributed by atoms with Crippen LogP contribution in [0.5, 0.6) is 5.75 Å². The van der Waals surface area contributed by atoms with Crippen LogP contribution in [0, 0.1) is 13.8 Å². The number of benzene rings is 2. The van der Waals surface area contributed by atoms with E-state index in [1.54, 1.807) is 0 Å². The number of amides is 1. The van der Waals surface area contributed by atoms with E-state index >= 15 is 0 Å². The molecule has 184 valence electrons. The summed E-state index contributed by atoms with van der Waals surface area (Å²) >= 11 is 0. The van der Waals surface area contributed by atoms with Gasteiger partial charge in [0, 0.05) is 18.8 Å². The molecule has 1 heterocycles. The standard InChI is InChI=1S/C24H30N2O7S/c1-17-4-5-18(2)22(16-17)32-13-10-23(27)33-19(3)24(28)25-20-6-8-21(9-7-20)34(29,30)26-11-14-31-15-12-26/h4-9,16,19H,10-15H2,1-3H3,(H,25,28). The Morgan fingerprint density at radius 1 is 1.09 bits per heavy atom. The smallest absolute Gasteiger partial charge is 0.310 e. The van der Waals surface area contributed by atoms with Crippen molar-refractivity contribution in [2.45, 2.75) is 38.2 Å². The van der Waals surface area contributed by atoms with E-state index in [-0.39, 0.29) is 17.9 Å². The summed E-state index contributed by atoms with van der Waals surface area (Å²) in [4.78, 5) is 24.6. The third-order valence-electron chi connectivity index (χ3n) is 5.31. The molecular formula is C24H30N2O7S. The zero-order valence-corrected chi connectivity index (χ0v) is 20.4. The molecule has 1 atom stereocenters. The second-order valence-electron chi connectivity index (χ2n) is 8.03. The van der Waals surface area contributed by atoms with Crippen LogP contribution in [0.25, 0.3) is 0 Å². The van der Waals surface area contributed by atoms with Gasteiger partial charge in [0.25, 0.3) is 5.91 Å². The fourth-order valence-electron chi connectivity index (χ4n) is 3.31. The van der Waals surface area contributed by atoms with Gasteiger partial charge in [-0.1, -0.05) is 12.1 Å². The molecule has 2 aromatic carbocycles. The van der Waals surface area contributed by atoms with Crippen molar-refractivity contribution in [3.63, 3.8) is 0 Å². The average Bonchev–Trinajstić information content (AvgIpc) is 2.82. The number of sulfonamides is 1. The molecule has 1 amide bonds. The van der Waals surface area contributed by atoms with Crippen molar-refractivity contribution in [3.05, 3.63) is 53.6 Å². The fourth-order valence-corrected chi connectivity index (χ4v) is 4.71. The number of ether oxygens (including phenoxy) is 3. The average molecular weight is 491 g/mol. The van der Waals surface area contributed by atoms with E-state index in [4.69, 9.17) is 14.2 Å². The van der Waals surface area contributed by atoms with Gasteiger partial charge < -0.3 is 19.5 Å². The summed E-state index contributed by atoms with van der Waals surface area (Å²) in [6.45, 7) is 6.82. The highest BCUT2D eigenvalue weighted by atomic mass is 32.2. The lowest BCUT2D eigenvalue weighted by Gasteiger charge is -2.26. The van der Waals surface area contributed by atoms with Gasteiger partial charge in [0.05, 0.1) is 31.1 Å². The molecule has 0 saturated carbocycles. The lowest BCUT2D eigenvalue weighted by molar-refractivity contribution is -0.153. The minimum Gasteiger partial charge on any atom is -0.493 e. The predicted molar refractivity (Wildman–Crippen MR) is 126 cm³/mol. The SMILES string of the molecule is Cc1ccc(C)c(OCCC(=O)OC(C)C(=O)Nc2ccc(S(=O)(=O)N3CCOCC3)cc2)c1. The molecule has 1 N–H and O–H groups in total. The van der Waals surface area contributed by atoms with Gasteiger partial charge in [-0.3, -0.25) is 9.59 Å². The highest BCUT2D eigenvalue weighted by Gasteiger charge is 2.26. The van der Waals surface area contributed by atoms with Crippen molar-refractivity contribution >= 4 is 27.6 Å². The summed E-state index contributed by atoms with van der Waals surface area (Å²) in [6.07, 6.45) is -1.02. The minimum absolute atomic E-state index is 0.000894. The van der Waals surface area contributed by atoms with Crippen LogP contribution in [-0.2, 0) is 29.1 Å². The third kappa shape index (κ3) is 6.78. The van der Waals surface area contributed by atoms with Gasteiger partial charge in [-0.15, -0.1) is 0 Å². The lowest BCUT2D eigenvalue weighted by atomic mass is 10.1. The first-order valence-corrected chi connectivity index (χ1v) is 12.5. The van der Waals surface area contributed by atoms with Gasteiger partial charge in [0.2, 0.25) is 10.0 Å². The Morgan fingerprint density at radius 2 is 1.76 bits per heavy atom. The Balaban J connectivity index is 1.47. The molecule has 1 unspecified atom stereocenters. The molecule has 1 aliphatic heterocycles. The highest BCUT2D eigenvalue weighted by molar-refractivity contribution is 7.89. The van der Waals surface area contributed by atoms with Crippen LogP contribution in [0.1, 0.15) is 24.5 Å². The summed E-state index contributed by atoms with van der Waals surface area (Å²) in [6, 6.07) is 11.7. The van der Waals surface area contributed by atoms with Crippen molar-refractivity contribution in [1.29, 1.82) is 0 Å². The summed E-state index contributed by atoms with van der Waals surface area (Å²) in [7, 11) is -3.61. The van der Waals surface area contributed by atoms with E-state index in [9.17, 15) is 18.0 Å². The molecule has 0 bridgehead atoms. The van der Waals surface area contributed by atoms with Crippen LogP contribution in [0.4, 0.5) is 5.69 Å². The molecule has 2 aromatic rings. The molecular weight excluding hydrogens is 460 g/mol. The zero-order valence-electron chi connectivity index (χ0n) is 19.6. The molecule has 3 rings (SSSR count). The summed E-state index contributed by atoms with van der Waals surface area (Å²) in [5.41, 5.74) is 2.42. The van der Waals surface area contributed by atoms with Gasteiger partial charge in [0.1, 0.15) is 5.75 Å². The molecule has 0 aromatic heterocycles. The zero-order chi connectivity index (χ0) is 24.7. The predicted octanol–water partition coefficient (Wildman–Crippen LogP) is 2.66. The second kappa shape index (κ2) is 11.5. The van der Waals surface area contributed by atoms with Crippen LogP contribution < -0.4 is 10.1 Å². The van der Waals surface area contributed by atoms with Gasteiger partial charge in [-0.05, 0) is 62.2 Å². The monoisotopic (exact) mass is 490 g/mol. The molecule has 1 saturated heterocycles. The maximum atomic E-state index is 12.7. The molecule has 10 heteroatoms. The van der Waals surface area contributed by atoms with Crippen molar-refractivity contribution in [1.82, 2.24) is 4.31 Å². The first kappa shape index (κ1) is 25.7. The minimum atomic E-state index is -3.61. The number of carbonyl (C=O) groups excluding carboxylic acids is 2. The molecule has 0 radical (unpaired) electrons. The summed E-state index contributed by atoms with van der Waals surface area (Å²) in [5, 5.41) is 2.63. The van der Waals surface area contributed by atoms with E-state index in [0.29, 0.717) is 37.7 Å². The first-order chi connectivity index (χ1) is 16.2. The van der Waals surface area contributed by atoms with E-state index < -0.39 is 28.0 Å². The number of morpholine rings is 1. The van der Waals surface area contributed by atoms with Gasteiger partial charge in [-0.25, -0.2) is 8.42 Å². The number of carbonyl (C=O) groups is 2. The Kier molecular flexibility index (Phi) is 8.65. The maximum absolute atomic E-state index is 12.7. The summed E-state index contributed by atoms with van der Waals surface area (Å²) < 4.78 is 42.8. The largest absolute Gasteiger partial charge is 0.493 e. The number of nitrogens with zero attached hydrogens (tertiary/aromatic N) is 1. The van der Waals surface area contributed by atoms with Crippen molar-refractivity contribution < 1.29 is 32.2 Å². The maximum Gasteiger partial charge on any atom is 0.310 e. The molecule has 1 fully saturated rings. The Labute approximate surface area is 200 Å². The normalized spacial score (nSPS) is 15.4. The Hall–Kier alpha value is -2.95. The van der Waals surface area contributed by atoms with Crippen LogP contribution in [-0.4, -0.2) is 63.6 Å². The van der Waals surface area contributed by atoms with Crippen molar-refractivity contribution in [3.8, 4) is 5.75 Å². The van der Waals surface area contributed by atoms with E-state index in [1.165, 1.54) is 35.5 Å². The molecule has 0 aliphatic carbocycles. The molecule has 0 spiro atoms. The van der Waals surface area contributed by atoms with E-state index in [1.807, 2.05) is 32.0 Å². The molecule has 9 nitrogen and oxygen atoms in total. The second-order valence-corrected chi connectivity index (χ2v) is 9.97. The van der Waals surface area contributed by atoms with Gasteiger partial charge in [0.15, 0.2) is 6.10 Å². The van der Waals surface area contributed by atoms with Crippen molar-refractivity contribution in [2.24, 2.45) is 0 Å². The Bertz CT molecular complexity index is 1110. The number of esters is 1. The lowest BCUT2D eigenvalue weighted by Crippen LogP contribution is -2.40. The number of hydrogen-bond donors (Lipinski definition) is 1. The quantitative estimate of drug-likeness (QED) is 0.538. The Morgan fingerprint density at radius 3 is 2.44 bits per heavy atom. The number of anilines is 1. The van der Waals surface area contributed by atoms with Crippen LogP contribution in [0.2, 0.25) is 0 Å².